The van der Waals surface area contributed by atoms with E-state index in [1.807, 2.05) is 17.1 Å². The minimum Gasteiger partial charge on any atom is -0.465 e. The van der Waals surface area contributed by atoms with Gasteiger partial charge in [0, 0.05) is 36.4 Å². The number of ketones is 1. The maximum atomic E-state index is 12.9. The van der Waals surface area contributed by atoms with Crippen molar-refractivity contribution >= 4 is 34.8 Å². The summed E-state index contributed by atoms with van der Waals surface area (Å²) in [4.78, 5) is 32.6. The lowest BCUT2D eigenvalue weighted by Gasteiger charge is -2.24. The zero-order valence-corrected chi connectivity index (χ0v) is 15.7. The number of H-pyrrole nitrogens is 1. The summed E-state index contributed by atoms with van der Waals surface area (Å²) in [6.45, 7) is 3.45. The Kier molecular flexibility index (Phi) is 5.10. The molecule has 146 valence electrons. The van der Waals surface area contributed by atoms with Gasteiger partial charge in [-0.25, -0.2) is 4.98 Å². The number of fused-ring (bicyclic) bond motifs is 1. The monoisotopic (exact) mass is 382 g/mol. The van der Waals surface area contributed by atoms with Crippen molar-refractivity contribution in [1.82, 2.24) is 15.0 Å². The molecule has 4 rings (SSSR count). The van der Waals surface area contributed by atoms with E-state index < -0.39 is 17.7 Å². The predicted octanol–water partition coefficient (Wildman–Crippen LogP) is 2.48. The van der Waals surface area contributed by atoms with Crippen molar-refractivity contribution in [3.05, 3.63) is 35.8 Å². The number of rotatable bonds is 4. The van der Waals surface area contributed by atoms with E-state index in [4.69, 9.17) is 9.47 Å². The number of nitrogens with one attached hydrogen (secondary N) is 1. The van der Waals surface area contributed by atoms with Crippen LogP contribution in [0.4, 0.5) is 0 Å². The molecule has 2 saturated heterocycles. The topological polar surface area (TPSA) is 96.9 Å². The van der Waals surface area contributed by atoms with Gasteiger partial charge in [0.15, 0.2) is 5.76 Å². The highest BCUT2D eigenvalue weighted by atomic mass is 16.5. The molecule has 1 N–H and O–H groups in total. The molecule has 0 radical (unpaired) electrons. The van der Waals surface area contributed by atoms with Crippen LogP contribution >= 0.6 is 0 Å². The second-order valence-corrected chi connectivity index (χ2v) is 6.76. The molecule has 0 saturated carbocycles. The average Bonchev–Trinajstić information content (AvgIpc) is 3.24. The molecule has 2 aliphatic rings. The summed E-state index contributed by atoms with van der Waals surface area (Å²) < 4.78 is 10.9. The van der Waals surface area contributed by atoms with Gasteiger partial charge in [-0.05, 0) is 44.4 Å². The number of pyridine rings is 1. The first-order chi connectivity index (χ1) is 13.7. The fourth-order valence-electron chi connectivity index (χ4n) is 3.44. The molecule has 2 aromatic heterocycles. The van der Waals surface area contributed by atoms with Crippen LogP contribution in [0.3, 0.4) is 0 Å². The zero-order chi connectivity index (χ0) is 19.5. The summed E-state index contributed by atoms with van der Waals surface area (Å²) in [7, 11) is 0. The standard InChI is InChI=1S/C20H22N4O4/c1-2-27-20(26)16-17(25)15(28-19(16)23-24-9-4-3-5-10-24)11-13-12-22-18-14(13)7-6-8-21-18/h6-8,11-12,16H,2-5,9-10H2,1H3,(H,21,22)/b15-11-,23-19-. The highest BCUT2D eigenvalue weighted by molar-refractivity contribution is 6.27. The summed E-state index contributed by atoms with van der Waals surface area (Å²) in [5, 5.41) is 7.18. The minimum atomic E-state index is -1.16. The summed E-state index contributed by atoms with van der Waals surface area (Å²) >= 11 is 0. The lowest BCUT2D eigenvalue weighted by atomic mass is 10.0. The van der Waals surface area contributed by atoms with Crippen LogP contribution in [0.25, 0.3) is 17.1 Å². The lowest BCUT2D eigenvalue weighted by Crippen LogP contribution is -2.32. The molecule has 1 atom stereocenters. The zero-order valence-electron chi connectivity index (χ0n) is 15.7. The number of ether oxygens (including phenoxy) is 2. The Hall–Kier alpha value is -3.16. The third kappa shape index (κ3) is 3.49. The van der Waals surface area contributed by atoms with E-state index in [9.17, 15) is 9.59 Å². The Balaban J connectivity index is 1.68. The van der Waals surface area contributed by atoms with E-state index in [2.05, 4.69) is 15.1 Å². The Bertz CT molecular complexity index is 956. The molecule has 2 fully saturated rings. The molecule has 2 aliphatic heterocycles. The Morgan fingerprint density at radius 3 is 3.04 bits per heavy atom. The highest BCUT2D eigenvalue weighted by Gasteiger charge is 2.45. The van der Waals surface area contributed by atoms with Gasteiger partial charge < -0.3 is 14.5 Å². The van der Waals surface area contributed by atoms with Gasteiger partial charge in [0.2, 0.25) is 17.6 Å². The van der Waals surface area contributed by atoms with Gasteiger partial charge in [-0.3, -0.25) is 14.6 Å². The van der Waals surface area contributed by atoms with E-state index in [1.165, 1.54) is 0 Å². The maximum Gasteiger partial charge on any atom is 0.326 e. The number of aromatic amines is 1. The molecule has 0 aromatic carbocycles. The molecule has 0 amide bonds. The molecule has 1 unspecified atom stereocenters. The van der Waals surface area contributed by atoms with Gasteiger partial charge in [0.05, 0.1) is 6.61 Å². The number of hydrogen-bond donors (Lipinski definition) is 1. The number of allylic oxidation sites excluding steroid dienone is 1. The van der Waals surface area contributed by atoms with Crippen LogP contribution in [0.5, 0.6) is 0 Å². The average molecular weight is 382 g/mol. The third-order valence-corrected chi connectivity index (χ3v) is 4.83. The SMILES string of the molecule is CCOC(=O)C1C(=O)/C(=C/c2c[nH]c3ncccc23)O/C1=N\N1CCCCC1. The predicted molar refractivity (Wildman–Crippen MR) is 103 cm³/mol. The van der Waals surface area contributed by atoms with Crippen molar-refractivity contribution in [3.8, 4) is 0 Å². The smallest absolute Gasteiger partial charge is 0.326 e. The number of hydrogen-bond acceptors (Lipinski definition) is 7. The molecule has 0 spiro atoms. The van der Waals surface area contributed by atoms with Crippen molar-refractivity contribution < 1.29 is 19.1 Å². The van der Waals surface area contributed by atoms with Crippen LogP contribution in [-0.2, 0) is 19.1 Å². The fraction of sp³-hybridized carbons (Fsp3) is 0.400. The number of piperidine rings is 1. The molecular formula is C20H22N4O4. The van der Waals surface area contributed by atoms with Crippen LogP contribution in [0, 0.1) is 5.92 Å². The largest absolute Gasteiger partial charge is 0.465 e. The normalized spacial score (nSPS) is 22.8. The first-order valence-electron chi connectivity index (χ1n) is 9.53. The summed E-state index contributed by atoms with van der Waals surface area (Å²) in [6, 6.07) is 3.72. The summed E-state index contributed by atoms with van der Waals surface area (Å²) in [5.74, 6) is -2.05. The van der Waals surface area contributed by atoms with Gasteiger partial charge in [-0.2, -0.15) is 0 Å². The molecule has 8 nitrogen and oxygen atoms in total. The maximum absolute atomic E-state index is 12.9. The minimum absolute atomic E-state index is 0.0820. The quantitative estimate of drug-likeness (QED) is 0.496. The summed E-state index contributed by atoms with van der Waals surface area (Å²) in [6.07, 6.45) is 8.27. The first kappa shape index (κ1) is 18.2. The van der Waals surface area contributed by atoms with Crippen molar-refractivity contribution in [3.63, 3.8) is 0 Å². The molecular weight excluding hydrogens is 360 g/mol. The van der Waals surface area contributed by atoms with Crippen LogP contribution in [0.2, 0.25) is 0 Å². The van der Waals surface area contributed by atoms with Crippen molar-refractivity contribution in [2.24, 2.45) is 11.0 Å². The van der Waals surface area contributed by atoms with Crippen LogP contribution in [0.15, 0.2) is 35.4 Å². The Morgan fingerprint density at radius 2 is 2.25 bits per heavy atom. The van der Waals surface area contributed by atoms with Gasteiger partial charge in [0.25, 0.3) is 0 Å². The number of esters is 1. The number of aromatic nitrogens is 2. The van der Waals surface area contributed by atoms with E-state index in [1.54, 1.807) is 25.4 Å². The second kappa shape index (κ2) is 7.84. The second-order valence-electron chi connectivity index (χ2n) is 6.76. The third-order valence-electron chi connectivity index (χ3n) is 4.83. The number of hydrazone groups is 1. The van der Waals surface area contributed by atoms with Crippen LogP contribution in [0.1, 0.15) is 31.7 Å². The number of carbonyl (C=O) groups is 2. The van der Waals surface area contributed by atoms with Gasteiger partial charge >= 0.3 is 5.97 Å². The fourth-order valence-corrected chi connectivity index (χ4v) is 3.44. The van der Waals surface area contributed by atoms with Crippen LogP contribution < -0.4 is 0 Å². The first-order valence-corrected chi connectivity index (χ1v) is 9.53. The molecule has 2 aromatic rings. The van der Waals surface area contributed by atoms with Crippen molar-refractivity contribution in [2.45, 2.75) is 26.2 Å². The Morgan fingerprint density at radius 1 is 1.43 bits per heavy atom. The number of carbonyl (C=O) groups excluding carboxylic acids is 2. The number of nitrogens with zero attached hydrogens (tertiary/aromatic N) is 3. The number of Topliss-reactive ketones (excluding diaryl/α,β-unsaturated/α-hetero) is 1. The summed E-state index contributed by atoms with van der Waals surface area (Å²) in [5.41, 5.74) is 1.47. The van der Waals surface area contributed by atoms with E-state index in [0.717, 1.165) is 43.3 Å². The molecule has 28 heavy (non-hydrogen) atoms. The Labute approximate surface area is 162 Å². The highest BCUT2D eigenvalue weighted by Crippen LogP contribution is 2.28. The molecule has 0 bridgehead atoms. The van der Waals surface area contributed by atoms with Crippen molar-refractivity contribution in [1.29, 1.82) is 0 Å². The lowest BCUT2D eigenvalue weighted by molar-refractivity contribution is -0.147. The molecule has 8 heteroatoms. The van der Waals surface area contributed by atoms with Gasteiger partial charge in [-0.15, -0.1) is 5.10 Å². The molecule has 0 aliphatic carbocycles. The molecule has 4 heterocycles. The van der Waals surface area contributed by atoms with Crippen LogP contribution in [-0.4, -0.2) is 52.3 Å². The van der Waals surface area contributed by atoms with Gasteiger partial charge in [0.1, 0.15) is 5.65 Å². The van der Waals surface area contributed by atoms with Gasteiger partial charge in [-0.1, -0.05) is 0 Å². The van der Waals surface area contributed by atoms with E-state index in [0.29, 0.717) is 5.65 Å². The van der Waals surface area contributed by atoms with E-state index in [-0.39, 0.29) is 18.3 Å². The van der Waals surface area contributed by atoms with E-state index >= 15 is 0 Å². The van der Waals surface area contributed by atoms with Crippen molar-refractivity contribution in [2.75, 3.05) is 19.7 Å².